The van der Waals surface area contributed by atoms with Crippen LogP contribution in [-0.4, -0.2) is 34.9 Å². The van der Waals surface area contributed by atoms with Crippen molar-refractivity contribution in [3.8, 4) is 0 Å². The predicted octanol–water partition coefficient (Wildman–Crippen LogP) is 3.25. The first-order chi connectivity index (χ1) is 15.3. The number of amidine groups is 2. The van der Waals surface area contributed by atoms with Crippen LogP contribution in [-0.2, 0) is 11.3 Å². The first kappa shape index (κ1) is 22.5. The van der Waals surface area contributed by atoms with Crippen molar-refractivity contribution >= 4 is 34.4 Å². The minimum atomic E-state index is -0.211. The van der Waals surface area contributed by atoms with Gasteiger partial charge in [-0.2, -0.15) is 0 Å². The van der Waals surface area contributed by atoms with Crippen molar-refractivity contribution in [2.45, 2.75) is 46.4 Å². The van der Waals surface area contributed by atoms with Crippen LogP contribution in [0.4, 0.5) is 5.69 Å². The van der Waals surface area contributed by atoms with Crippen LogP contribution in [0.1, 0.15) is 29.2 Å². The minimum Gasteiger partial charge on any atom is -0.351 e. The highest BCUT2D eigenvalue weighted by Gasteiger charge is 2.44. The number of nitrogens with one attached hydrogen (secondary N) is 4. The molecule has 2 heterocycles. The molecule has 3 unspecified atom stereocenters. The minimum absolute atomic E-state index is 0.0567. The highest BCUT2D eigenvalue weighted by atomic mass is 32.2. The van der Waals surface area contributed by atoms with Gasteiger partial charge in [-0.15, -0.1) is 0 Å². The Morgan fingerprint density at radius 2 is 1.84 bits per heavy atom. The number of nitrogens with zero attached hydrogens (tertiary/aromatic N) is 2. The van der Waals surface area contributed by atoms with Gasteiger partial charge in [0, 0.05) is 12.6 Å². The third kappa shape index (κ3) is 4.72. The number of aryl methyl sites for hydroxylation is 3. The number of rotatable bonds is 5. The highest BCUT2D eigenvalue weighted by Crippen LogP contribution is 2.33. The summed E-state index contributed by atoms with van der Waals surface area (Å²) in [5.41, 5.74) is 11.8. The van der Waals surface area contributed by atoms with Crippen molar-refractivity contribution in [2.24, 2.45) is 10.9 Å². The summed E-state index contributed by atoms with van der Waals surface area (Å²) in [6.07, 6.45) is -0.211. The number of hydrogen-bond acceptors (Lipinski definition) is 6. The van der Waals surface area contributed by atoms with Gasteiger partial charge in [-0.25, -0.2) is 10.4 Å². The average Bonchev–Trinajstić information content (AvgIpc) is 3.14. The molecule has 0 saturated carbocycles. The predicted molar refractivity (Wildman–Crippen MR) is 132 cm³/mol. The summed E-state index contributed by atoms with van der Waals surface area (Å²) in [7, 11) is 0. The smallest absolute Gasteiger partial charge is 0.230 e. The van der Waals surface area contributed by atoms with Gasteiger partial charge in [0.15, 0.2) is 5.17 Å². The number of aliphatic imine (C=N–C) groups is 1. The Morgan fingerprint density at radius 3 is 2.59 bits per heavy atom. The summed E-state index contributed by atoms with van der Waals surface area (Å²) in [6.45, 7) is 8.68. The van der Waals surface area contributed by atoms with Crippen molar-refractivity contribution in [1.29, 1.82) is 5.41 Å². The van der Waals surface area contributed by atoms with E-state index in [1.807, 2.05) is 49.9 Å². The molecular weight excluding hydrogens is 420 g/mol. The number of carbonyl (C=O) groups is 1. The third-order valence-electron chi connectivity index (χ3n) is 5.88. The van der Waals surface area contributed by atoms with Crippen molar-refractivity contribution in [2.75, 3.05) is 10.7 Å². The van der Waals surface area contributed by atoms with Crippen LogP contribution in [0.15, 0.2) is 47.5 Å². The van der Waals surface area contributed by atoms with E-state index in [9.17, 15) is 4.79 Å². The lowest BCUT2D eigenvalue weighted by Gasteiger charge is -2.36. The van der Waals surface area contributed by atoms with Gasteiger partial charge in [-0.3, -0.25) is 20.5 Å². The molecule has 7 nitrogen and oxygen atoms in total. The van der Waals surface area contributed by atoms with Gasteiger partial charge in [0.25, 0.3) is 0 Å². The number of hydrazine groups is 1. The number of amides is 1. The van der Waals surface area contributed by atoms with E-state index in [0.717, 1.165) is 22.4 Å². The lowest BCUT2D eigenvalue weighted by Crippen LogP contribution is -2.50. The molecule has 4 N–H and O–H groups in total. The number of thioether (sulfide) groups is 1. The van der Waals surface area contributed by atoms with Gasteiger partial charge in [0.05, 0.1) is 17.4 Å². The van der Waals surface area contributed by atoms with Crippen molar-refractivity contribution in [1.82, 2.24) is 16.2 Å². The number of fused-ring (bicyclic) bond motifs is 1. The van der Waals surface area contributed by atoms with Gasteiger partial charge in [0.2, 0.25) is 5.91 Å². The van der Waals surface area contributed by atoms with E-state index in [1.165, 1.54) is 17.3 Å². The van der Waals surface area contributed by atoms with Crippen LogP contribution in [0.3, 0.4) is 0 Å². The largest absolute Gasteiger partial charge is 0.351 e. The summed E-state index contributed by atoms with van der Waals surface area (Å²) in [6, 6.07) is 14.4. The summed E-state index contributed by atoms with van der Waals surface area (Å²) in [5.74, 6) is 0.597. The highest BCUT2D eigenvalue weighted by molar-refractivity contribution is 8.14. The van der Waals surface area contributed by atoms with E-state index in [-0.39, 0.29) is 29.8 Å². The molecule has 0 aliphatic carbocycles. The SMILES string of the molecule is Cc1ccc(CNC(=O)CSC2=NC3NNC(C)C3C(=N)N2c2cc(C)ccc2C)cc1. The fourth-order valence-electron chi connectivity index (χ4n) is 3.98. The van der Waals surface area contributed by atoms with Crippen LogP contribution >= 0.6 is 11.8 Å². The number of carbonyl (C=O) groups excluding carboxylic acids is 1. The Balaban J connectivity index is 1.51. The number of benzene rings is 2. The maximum atomic E-state index is 12.6. The molecule has 4 rings (SSSR count). The van der Waals surface area contributed by atoms with Crippen LogP contribution in [0.25, 0.3) is 0 Å². The second-order valence-corrected chi connectivity index (χ2v) is 9.46. The summed E-state index contributed by atoms with van der Waals surface area (Å²) in [4.78, 5) is 19.4. The quantitative estimate of drug-likeness (QED) is 0.561. The molecule has 2 aromatic rings. The first-order valence-corrected chi connectivity index (χ1v) is 11.8. The zero-order chi connectivity index (χ0) is 22.8. The summed E-state index contributed by atoms with van der Waals surface area (Å²) < 4.78 is 0. The van der Waals surface area contributed by atoms with Crippen LogP contribution in [0, 0.1) is 32.1 Å². The van der Waals surface area contributed by atoms with E-state index in [0.29, 0.717) is 17.5 Å². The van der Waals surface area contributed by atoms with Gasteiger partial charge >= 0.3 is 0 Å². The van der Waals surface area contributed by atoms with Crippen molar-refractivity contribution in [3.05, 3.63) is 64.7 Å². The van der Waals surface area contributed by atoms with Gasteiger partial charge in [0.1, 0.15) is 12.0 Å². The molecule has 0 aromatic heterocycles. The second-order valence-electron chi connectivity index (χ2n) is 8.52. The lowest BCUT2D eigenvalue weighted by atomic mass is 9.96. The van der Waals surface area contributed by atoms with Gasteiger partial charge < -0.3 is 5.32 Å². The van der Waals surface area contributed by atoms with Gasteiger partial charge in [-0.1, -0.05) is 53.7 Å². The average molecular weight is 451 g/mol. The molecule has 3 atom stereocenters. The molecular formula is C24H30N6OS. The van der Waals surface area contributed by atoms with Gasteiger partial charge in [-0.05, 0) is 50.5 Å². The van der Waals surface area contributed by atoms with Crippen LogP contribution in [0.2, 0.25) is 0 Å². The van der Waals surface area contributed by atoms with Crippen molar-refractivity contribution < 1.29 is 4.79 Å². The van der Waals surface area contributed by atoms with E-state index in [2.05, 4.69) is 41.3 Å². The summed E-state index contributed by atoms with van der Waals surface area (Å²) in [5, 5.41) is 12.6. The number of hydrogen-bond donors (Lipinski definition) is 4. The standard InChI is InChI=1S/C24H30N6OS/c1-14-6-9-18(10-7-14)12-26-20(31)13-32-24-27-23-21(17(4)28-29-23)22(25)30(24)19-11-15(2)5-8-16(19)3/h5-11,17,21,23,25,28-29H,12-13H2,1-4H3,(H,26,31). The molecule has 1 fully saturated rings. The molecule has 0 radical (unpaired) electrons. The Labute approximate surface area is 193 Å². The fraction of sp³-hybridized carbons (Fsp3) is 0.375. The Kier molecular flexibility index (Phi) is 6.64. The molecule has 2 aliphatic heterocycles. The Morgan fingerprint density at radius 1 is 1.12 bits per heavy atom. The third-order valence-corrected chi connectivity index (χ3v) is 6.84. The second kappa shape index (κ2) is 9.44. The monoisotopic (exact) mass is 450 g/mol. The molecule has 0 bridgehead atoms. The zero-order valence-electron chi connectivity index (χ0n) is 18.9. The number of anilines is 1. The normalized spacial score (nSPS) is 22.5. The molecule has 2 aromatic carbocycles. The molecule has 1 saturated heterocycles. The Hall–Kier alpha value is -2.68. The zero-order valence-corrected chi connectivity index (χ0v) is 19.7. The van der Waals surface area contributed by atoms with E-state index in [1.54, 1.807) is 0 Å². The lowest BCUT2D eigenvalue weighted by molar-refractivity contribution is -0.118. The summed E-state index contributed by atoms with van der Waals surface area (Å²) >= 11 is 1.37. The first-order valence-electron chi connectivity index (χ1n) is 10.8. The molecule has 1 amide bonds. The maximum Gasteiger partial charge on any atom is 0.230 e. The van der Waals surface area contributed by atoms with E-state index < -0.39 is 0 Å². The van der Waals surface area contributed by atoms with E-state index >= 15 is 0 Å². The molecule has 8 heteroatoms. The maximum absolute atomic E-state index is 12.6. The molecule has 0 spiro atoms. The molecule has 168 valence electrons. The van der Waals surface area contributed by atoms with Crippen LogP contribution in [0.5, 0.6) is 0 Å². The van der Waals surface area contributed by atoms with E-state index in [4.69, 9.17) is 10.4 Å². The molecule has 32 heavy (non-hydrogen) atoms. The molecule has 2 aliphatic rings. The Bertz CT molecular complexity index is 1050. The fourth-order valence-corrected chi connectivity index (χ4v) is 4.86. The topological polar surface area (TPSA) is 92.6 Å². The van der Waals surface area contributed by atoms with Crippen LogP contribution < -0.4 is 21.1 Å². The van der Waals surface area contributed by atoms with Crippen molar-refractivity contribution in [3.63, 3.8) is 0 Å².